The Labute approximate surface area is 433 Å². The van der Waals surface area contributed by atoms with Crippen LogP contribution >= 0.6 is 0 Å². The molecule has 6 heteroatoms. The molecule has 0 amide bonds. The van der Waals surface area contributed by atoms with Crippen LogP contribution in [0.5, 0.6) is 0 Å². The minimum absolute atomic E-state index is 0.0831. The Kier molecular flexibility index (Phi) is 55.3. The fourth-order valence-electron chi connectivity index (χ4n) is 8.18. The Morgan fingerprint density at radius 3 is 0.900 bits per heavy atom. The van der Waals surface area contributed by atoms with E-state index in [4.69, 9.17) is 14.2 Å². The second kappa shape index (κ2) is 58.2. The van der Waals surface area contributed by atoms with Crippen molar-refractivity contribution < 1.29 is 28.6 Å². The van der Waals surface area contributed by atoms with Gasteiger partial charge in [-0.2, -0.15) is 0 Å². The number of hydrogen-bond acceptors (Lipinski definition) is 6. The number of ether oxygens (including phenoxy) is 3. The lowest BCUT2D eigenvalue weighted by atomic mass is 10.0. The van der Waals surface area contributed by atoms with E-state index in [0.717, 1.165) is 128 Å². The lowest BCUT2D eigenvalue weighted by Crippen LogP contribution is -2.30. The summed E-state index contributed by atoms with van der Waals surface area (Å²) in [6, 6.07) is 0. The molecule has 0 saturated heterocycles. The van der Waals surface area contributed by atoms with Gasteiger partial charge in [-0.3, -0.25) is 14.4 Å². The van der Waals surface area contributed by atoms with E-state index in [2.05, 4.69) is 106 Å². The summed E-state index contributed by atoms with van der Waals surface area (Å²) in [7, 11) is 0. The Balaban J connectivity index is 4.13. The van der Waals surface area contributed by atoms with Crippen LogP contribution in [0.1, 0.15) is 284 Å². The summed E-state index contributed by atoms with van der Waals surface area (Å²) >= 11 is 0. The molecule has 0 aliphatic heterocycles. The van der Waals surface area contributed by atoms with Crippen LogP contribution < -0.4 is 0 Å². The summed E-state index contributed by atoms with van der Waals surface area (Å²) < 4.78 is 16.8. The zero-order valence-electron chi connectivity index (χ0n) is 46.0. The molecule has 0 heterocycles. The number of carbonyl (C=O) groups excluding carboxylic acids is 3. The van der Waals surface area contributed by atoms with Gasteiger partial charge in [-0.05, 0) is 103 Å². The van der Waals surface area contributed by atoms with Gasteiger partial charge >= 0.3 is 17.9 Å². The number of esters is 3. The zero-order valence-corrected chi connectivity index (χ0v) is 46.0. The third-order valence-corrected chi connectivity index (χ3v) is 12.6. The van der Waals surface area contributed by atoms with Gasteiger partial charge in [0.25, 0.3) is 0 Å². The summed E-state index contributed by atoms with van der Waals surface area (Å²) in [5, 5.41) is 0. The maximum absolute atomic E-state index is 12.8. The molecule has 1 atom stereocenters. The number of hydrogen-bond donors (Lipinski definition) is 0. The predicted molar refractivity (Wildman–Crippen MR) is 302 cm³/mol. The van der Waals surface area contributed by atoms with Crippen LogP contribution in [-0.2, 0) is 28.6 Å². The van der Waals surface area contributed by atoms with E-state index in [1.165, 1.54) is 116 Å². The van der Waals surface area contributed by atoms with Crippen molar-refractivity contribution in [3.63, 3.8) is 0 Å². The molecule has 0 aliphatic rings. The van der Waals surface area contributed by atoms with Crippen molar-refractivity contribution in [2.45, 2.75) is 290 Å². The van der Waals surface area contributed by atoms with Crippen molar-refractivity contribution in [1.29, 1.82) is 0 Å². The number of allylic oxidation sites excluding steroid dienone is 14. The van der Waals surface area contributed by atoms with Crippen molar-refractivity contribution in [2.24, 2.45) is 0 Å². The van der Waals surface area contributed by atoms with E-state index in [-0.39, 0.29) is 31.1 Å². The molecular weight excluding hydrogens is 865 g/mol. The SMILES string of the molecule is CC/C=C\C/C=C\C/C=C\C/C=C\CCCCCCCCCCCCCCCCCCC(=O)OCC(COC(=O)CCCCCCC/C=C\CCC)OC(=O)CCCCCCC/C=C\C/C=C\CCC. The monoisotopic (exact) mass is 975 g/mol. The average molecular weight is 976 g/mol. The molecule has 0 aliphatic carbocycles. The molecular formula is C64H110O6. The molecule has 0 radical (unpaired) electrons. The number of rotatable bonds is 53. The topological polar surface area (TPSA) is 78.9 Å². The number of unbranched alkanes of at least 4 members (excludes halogenated alkanes) is 28. The summed E-state index contributed by atoms with van der Waals surface area (Å²) in [6.45, 7) is 6.39. The second-order valence-corrected chi connectivity index (χ2v) is 19.5. The highest BCUT2D eigenvalue weighted by atomic mass is 16.6. The predicted octanol–water partition coefficient (Wildman–Crippen LogP) is 19.9. The molecule has 402 valence electrons. The molecule has 0 aromatic carbocycles. The molecule has 0 aromatic heterocycles. The highest BCUT2D eigenvalue weighted by Crippen LogP contribution is 2.16. The third kappa shape index (κ3) is 55.5. The molecule has 0 fully saturated rings. The van der Waals surface area contributed by atoms with Gasteiger partial charge < -0.3 is 14.2 Å². The van der Waals surface area contributed by atoms with Crippen LogP contribution in [0.15, 0.2) is 85.1 Å². The Morgan fingerprint density at radius 2 is 0.557 bits per heavy atom. The quantitative estimate of drug-likeness (QED) is 0.0261. The average Bonchev–Trinajstić information content (AvgIpc) is 3.36. The van der Waals surface area contributed by atoms with Crippen molar-refractivity contribution in [1.82, 2.24) is 0 Å². The lowest BCUT2D eigenvalue weighted by molar-refractivity contribution is -0.167. The van der Waals surface area contributed by atoms with Crippen molar-refractivity contribution >= 4 is 17.9 Å². The van der Waals surface area contributed by atoms with E-state index in [9.17, 15) is 14.4 Å². The van der Waals surface area contributed by atoms with Gasteiger partial charge in [-0.15, -0.1) is 0 Å². The maximum atomic E-state index is 12.8. The van der Waals surface area contributed by atoms with Gasteiger partial charge in [0.1, 0.15) is 13.2 Å². The molecule has 70 heavy (non-hydrogen) atoms. The van der Waals surface area contributed by atoms with E-state index in [0.29, 0.717) is 19.3 Å². The molecule has 0 saturated carbocycles. The van der Waals surface area contributed by atoms with Gasteiger partial charge in [-0.25, -0.2) is 0 Å². The van der Waals surface area contributed by atoms with E-state index in [1.54, 1.807) is 0 Å². The molecule has 6 nitrogen and oxygen atoms in total. The van der Waals surface area contributed by atoms with Crippen LogP contribution in [0.3, 0.4) is 0 Å². The van der Waals surface area contributed by atoms with Crippen LogP contribution in [0.2, 0.25) is 0 Å². The van der Waals surface area contributed by atoms with Gasteiger partial charge in [-0.1, -0.05) is 247 Å². The Bertz CT molecular complexity index is 1350. The minimum Gasteiger partial charge on any atom is -0.462 e. The van der Waals surface area contributed by atoms with Crippen molar-refractivity contribution in [3.05, 3.63) is 85.1 Å². The fraction of sp³-hybridized carbons (Fsp3) is 0.734. The van der Waals surface area contributed by atoms with Crippen LogP contribution in [0.4, 0.5) is 0 Å². The first-order chi connectivity index (χ1) is 34.5. The van der Waals surface area contributed by atoms with Gasteiger partial charge in [0.05, 0.1) is 0 Å². The molecule has 0 N–H and O–H groups in total. The summed E-state index contributed by atoms with van der Waals surface area (Å²) in [4.78, 5) is 38.0. The molecule has 0 spiro atoms. The summed E-state index contributed by atoms with van der Waals surface area (Å²) in [6.07, 6.45) is 76.0. The van der Waals surface area contributed by atoms with Crippen molar-refractivity contribution in [3.8, 4) is 0 Å². The summed E-state index contributed by atoms with van der Waals surface area (Å²) in [5.41, 5.74) is 0. The fourth-order valence-corrected chi connectivity index (χ4v) is 8.18. The van der Waals surface area contributed by atoms with E-state index < -0.39 is 6.10 Å². The highest BCUT2D eigenvalue weighted by molar-refractivity contribution is 5.71. The van der Waals surface area contributed by atoms with E-state index >= 15 is 0 Å². The summed E-state index contributed by atoms with van der Waals surface area (Å²) in [5.74, 6) is -0.903. The van der Waals surface area contributed by atoms with Crippen molar-refractivity contribution in [2.75, 3.05) is 13.2 Å². The van der Waals surface area contributed by atoms with Crippen LogP contribution in [0.25, 0.3) is 0 Å². The first-order valence-electron chi connectivity index (χ1n) is 29.6. The Morgan fingerprint density at radius 1 is 0.300 bits per heavy atom. The number of carbonyl (C=O) groups is 3. The lowest BCUT2D eigenvalue weighted by Gasteiger charge is -2.18. The first kappa shape index (κ1) is 66.6. The second-order valence-electron chi connectivity index (χ2n) is 19.5. The van der Waals surface area contributed by atoms with E-state index in [1.807, 2.05) is 0 Å². The zero-order chi connectivity index (χ0) is 50.7. The maximum Gasteiger partial charge on any atom is 0.306 e. The van der Waals surface area contributed by atoms with Gasteiger partial charge in [0, 0.05) is 19.3 Å². The molecule has 0 aromatic rings. The molecule has 0 rings (SSSR count). The highest BCUT2D eigenvalue weighted by Gasteiger charge is 2.19. The smallest absolute Gasteiger partial charge is 0.306 e. The molecule has 1 unspecified atom stereocenters. The normalized spacial score (nSPS) is 12.7. The standard InChI is InChI=1S/C64H110O6/c1-4-7-10-13-16-19-22-24-25-26-27-28-29-30-31-32-33-34-35-36-37-38-39-41-42-45-48-51-54-57-63(66)69-60-61(59-68-62(65)56-53-50-47-44-21-18-15-12-9-6-3)70-64(67)58-55-52-49-46-43-40-23-20-17-14-11-8-5-2/h7,10-12,14-16,19-20,23-25,27-28,61H,4-6,8-9,13,17-18,21-22,26,29-60H2,1-3H3/b10-7-,14-11-,15-12-,19-16-,23-20-,25-24-,28-27-. The largest absolute Gasteiger partial charge is 0.462 e. The Hall–Kier alpha value is -3.41. The van der Waals surface area contributed by atoms with Gasteiger partial charge in [0.15, 0.2) is 6.10 Å². The molecule has 0 bridgehead atoms. The minimum atomic E-state index is -0.785. The van der Waals surface area contributed by atoms with Crippen LogP contribution in [0, 0.1) is 0 Å². The first-order valence-corrected chi connectivity index (χ1v) is 29.6. The van der Waals surface area contributed by atoms with Gasteiger partial charge in [0.2, 0.25) is 0 Å². The van der Waals surface area contributed by atoms with Crippen LogP contribution in [-0.4, -0.2) is 37.2 Å². The third-order valence-electron chi connectivity index (χ3n) is 12.6.